The molecule has 0 atom stereocenters. The molecule has 0 spiro atoms. The lowest BCUT2D eigenvalue weighted by Gasteiger charge is -2.19. The van der Waals surface area contributed by atoms with Gasteiger partial charge in [-0.1, -0.05) is 175 Å². The van der Waals surface area contributed by atoms with E-state index in [9.17, 15) is 0 Å². The number of hydrogen-bond donors (Lipinski definition) is 0. The van der Waals surface area contributed by atoms with Crippen molar-refractivity contribution in [2.75, 3.05) is 0 Å². The monoisotopic (exact) mass is 975 g/mol. The van der Waals surface area contributed by atoms with Crippen molar-refractivity contribution in [2.45, 2.75) is 131 Å². The van der Waals surface area contributed by atoms with Gasteiger partial charge in [-0.2, -0.15) is 0 Å². The SMILES string of the molecule is CCCCC[n+]1cc(-c2ccccc2)cc(-c2cc(-c3cc(-c4ccccc4)c[n+](CCCCC)c3)c(-c3cc(-c4ccccc4)c[n+](CCCCC)c3)cc2-c2cc(-c3ccccc3)c[n+](CCCCC)c2)c1. The van der Waals surface area contributed by atoms with Gasteiger partial charge in [0.25, 0.3) is 0 Å². The van der Waals surface area contributed by atoms with E-state index in [1.165, 1.54) is 140 Å². The molecule has 0 aliphatic carbocycles. The predicted octanol–water partition coefficient (Wildman–Crippen LogP) is 16.9. The maximum atomic E-state index is 2.57. The fourth-order valence-electron chi connectivity index (χ4n) is 10.5. The van der Waals surface area contributed by atoms with Crippen LogP contribution in [0.15, 0.2) is 207 Å². The van der Waals surface area contributed by atoms with Gasteiger partial charge in [-0.15, -0.1) is 0 Å². The molecule has 0 unspecified atom stereocenters. The van der Waals surface area contributed by atoms with E-state index in [2.05, 4.69) is 253 Å². The molecule has 4 heteroatoms. The molecule has 0 aliphatic heterocycles. The van der Waals surface area contributed by atoms with Gasteiger partial charge in [0, 0.05) is 70.2 Å². The van der Waals surface area contributed by atoms with Gasteiger partial charge < -0.3 is 0 Å². The highest BCUT2D eigenvalue weighted by Crippen LogP contribution is 2.44. The Hall–Kier alpha value is -7.30. The van der Waals surface area contributed by atoms with Crippen molar-refractivity contribution in [3.05, 3.63) is 207 Å². The van der Waals surface area contributed by atoms with Gasteiger partial charge in [0.15, 0.2) is 49.6 Å². The first-order valence-corrected chi connectivity index (χ1v) is 28.1. The highest BCUT2D eigenvalue weighted by Gasteiger charge is 2.25. The summed E-state index contributed by atoms with van der Waals surface area (Å²) < 4.78 is 9.87. The van der Waals surface area contributed by atoms with Gasteiger partial charge in [-0.25, -0.2) is 18.3 Å². The van der Waals surface area contributed by atoms with E-state index in [1.807, 2.05) is 0 Å². The Morgan fingerprint density at radius 3 is 0.622 bits per heavy atom. The van der Waals surface area contributed by atoms with Gasteiger partial charge in [0.1, 0.15) is 26.2 Å². The quantitative estimate of drug-likeness (QED) is 0.0424. The van der Waals surface area contributed by atoms with Crippen molar-refractivity contribution in [3.8, 4) is 89.0 Å². The molecule has 4 heterocycles. The number of nitrogens with zero attached hydrogens (tertiary/aromatic N) is 4. The van der Waals surface area contributed by atoms with Gasteiger partial charge in [-0.3, -0.25) is 0 Å². The zero-order valence-electron chi connectivity index (χ0n) is 44.7. The van der Waals surface area contributed by atoms with E-state index in [-0.39, 0.29) is 0 Å². The van der Waals surface area contributed by atoms with Crippen LogP contribution in [0.25, 0.3) is 89.0 Å². The van der Waals surface area contributed by atoms with Crippen LogP contribution in [0.1, 0.15) is 105 Å². The van der Waals surface area contributed by atoms with Crippen LogP contribution >= 0.6 is 0 Å². The standard InChI is InChI=1S/C70H78N4/c1-5-9-25-37-71-47-59(55-29-17-13-18-30-55)41-63(51-71)67-45-69(65-43-61(57-33-21-15-22-34-57)49-73(53-65)39-27-11-7-3)70(66-44-62(58-35-23-16-24-36-58)50-74(54-66)40-28-12-8-4)46-68(67)64-42-60(56-31-19-14-20-32-56)48-72(52-64)38-26-10-6-2/h13-24,29-36,41-54H,5-12,25-28,37-40H2,1-4H3/q+4. The number of aryl methyl sites for hydroxylation is 4. The summed E-state index contributed by atoms with van der Waals surface area (Å²) in [5, 5.41) is 0. The molecule has 4 nitrogen and oxygen atoms in total. The highest BCUT2D eigenvalue weighted by atomic mass is 14.9. The summed E-state index contributed by atoms with van der Waals surface area (Å²) in [6.07, 6.45) is 33.3. The number of unbranched alkanes of at least 4 members (excludes halogenated alkanes) is 8. The second-order valence-corrected chi connectivity index (χ2v) is 20.4. The Kier molecular flexibility index (Phi) is 18.2. The highest BCUT2D eigenvalue weighted by molar-refractivity contribution is 5.96. The van der Waals surface area contributed by atoms with Crippen molar-refractivity contribution in [1.82, 2.24) is 0 Å². The molecule has 0 aliphatic rings. The third-order valence-electron chi connectivity index (χ3n) is 14.6. The molecular weight excluding hydrogens is 897 g/mol. The summed E-state index contributed by atoms with van der Waals surface area (Å²) in [4.78, 5) is 0. The van der Waals surface area contributed by atoms with E-state index in [0.717, 1.165) is 51.9 Å². The Labute approximate surface area is 443 Å². The number of pyridine rings is 4. The molecule has 9 rings (SSSR count). The van der Waals surface area contributed by atoms with Crippen LogP contribution in [0.5, 0.6) is 0 Å². The Morgan fingerprint density at radius 2 is 0.419 bits per heavy atom. The van der Waals surface area contributed by atoms with Crippen LogP contribution in [0.4, 0.5) is 0 Å². The van der Waals surface area contributed by atoms with Crippen LogP contribution in [-0.4, -0.2) is 0 Å². The van der Waals surface area contributed by atoms with Crippen molar-refractivity contribution in [2.24, 2.45) is 0 Å². The number of hydrogen-bond acceptors (Lipinski definition) is 0. The molecule has 0 bridgehead atoms. The van der Waals surface area contributed by atoms with E-state index in [0.29, 0.717) is 0 Å². The lowest BCUT2D eigenvalue weighted by atomic mass is 9.85. The van der Waals surface area contributed by atoms with E-state index in [1.54, 1.807) is 0 Å². The molecule has 74 heavy (non-hydrogen) atoms. The zero-order chi connectivity index (χ0) is 50.9. The zero-order valence-corrected chi connectivity index (χ0v) is 44.7. The third-order valence-corrected chi connectivity index (χ3v) is 14.6. The van der Waals surface area contributed by atoms with E-state index >= 15 is 0 Å². The van der Waals surface area contributed by atoms with Gasteiger partial charge in [0.2, 0.25) is 0 Å². The maximum absolute atomic E-state index is 2.57. The molecule has 0 fully saturated rings. The number of benzene rings is 5. The molecule has 0 radical (unpaired) electrons. The Morgan fingerprint density at radius 1 is 0.216 bits per heavy atom. The molecule has 4 aromatic heterocycles. The molecule has 9 aromatic rings. The second kappa shape index (κ2) is 26.1. The summed E-state index contributed by atoms with van der Waals surface area (Å²) >= 11 is 0. The minimum absolute atomic E-state index is 0.962. The lowest BCUT2D eigenvalue weighted by molar-refractivity contribution is -0.696. The Balaban J connectivity index is 1.40. The molecule has 0 saturated carbocycles. The largest absolute Gasteiger partial charge is 0.204 e. The minimum Gasteiger partial charge on any atom is -0.204 e. The summed E-state index contributed by atoms with van der Waals surface area (Å²) in [6.45, 7) is 13.0. The molecule has 374 valence electrons. The van der Waals surface area contributed by atoms with Crippen molar-refractivity contribution >= 4 is 0 Å². The van der Waals surface area contributed by atoms with Crippen LogP contribution in [0.3, 0.4) is 0 Å². The molecule has 0 amide bonds. The molecule has 0 N–H and O–H groups in total. The van der Waals surface area contributed by atoms with Crippen LogP contribution < -0.4 is 18.3 Å². The van der Waals surface area contributed by atoms with E-state index < -0.39 is 0 Å². The van der Waals surface area contributed by atoms with Gasteiger partial charge >= 0.3 is 0 Å². The first-order valence-electron chi connectivity index (χ1n) is 28.1. The lowest BCUT2D eigenvalue weighted by Crippen LogP contribution is -2.34. The van der Waals surface area contributed by atoms with Gasteiger partial charge in [-0.05, 0) is 107 Å². The smallest absolute Gasteiger partial charge is 0.176 e. The van der Waals surface area contributed by atoms with Crippen LogP contribution in [0, 0.1) is 0 Å². The topological polar surface area (TPSA) is 15.5 Å². The fourth-order valence-corrected chi connectivity index (χ4v) is 10.5. The second-order valence-electron chi connectivity index (χ2n) is 20.4. The van der Waals surface area contributed by atoms with Crippen molar-refractivity contribution in [1.29, 1.82) is 0 Å². The summed E-state index contributed by atoms with van der Waals surface area (Å²) in [7, 11) is 0. The summed E-state index contributed by atoms with van der Waals surface area (Å²) in [5.74, 6) is 0. The van der Waals surface area contributed by atoms with Crippen molar-refractivity contribution < 1.29 is 18.3 Å². The summed E-state index contributed by atoms with van der Waals surface area (Å²) in [6, 6.07) is 58.9. The predicted molar refractivity (Wildman–Crippen MR) is 309 cm³/mol. The fraction of sp³-hybridized carbons (Fsp3) is 0.286. The number of aromatic nitrogens is 4. The van der Waals surface area contributed by atoms with Crippen LogP contribution in [-0.2, 0) is 26.2 Å². The maximum Gasteiger partial charge on any atom is 0.176 e. The van der Waals surface area contributed by atoms with E-state index in [4.69, 9.17) is 0 Å². The average Bonchev–Trinajstić information content (AvgIpc) is 3.46. The minimum atomic E-state index is 0.962. The van der Waals surface area contributed by atoms with Gasteiger partial charge in [0.05, 0.1) is 0 Å². The molecular formula is C70H78N4+4. The average molecular weight is 975 g/mol. The third kappa shape index (κ3) is 13.3. The Bertz CT molecular complexity index is 2770. The van der Waals surface area contributed by atoms with Crippen LogP contribution in [0.2, 0.25) is 0 Å². The molecule has 0 saturated heterocycles. The molecule has 5 aromatic carbocycles. The first-order chi connectivity index (χ1) is 36.5. The number of rotatable bonds is 24. The first kappa shape index (κ1) is 51.6. The van der Waals surface area contributed by atoms with Crippen molar-refractivity contribution in [3.63, 3.8) is 0 Å². The summed E-state index contributed by atoms with van der Waals surface area (Å²) in [5.41, 5.74) is 19.6. The normalized spacial score (nSPS) is 11.3.